The Hall–Kier alpha value is -2.85. The molecule has 0 bridgehead atoms. The van der Waals surface area contributed by atoms with Crippen LogP contribution in [-0.4, -0.2) is 24.5 Å². The van der Waals surface area contributed by atoms with E-state index >= 15 is 0 Å². The maximum Gasteiger partial charge on any atom is 0.337 e. The second-order valence-electron chi connectivity index (χ2n) is 4.02. The van der Waals surface area contributed by atoms with Crippen molar-refractivity contribution in [1.29, 1.82) is 0 Å². The van der Waals surface area contributed by atoms with Gasteiger partial charge < -0.3 is 5.11 Å². The number of rotatable bonds is 4. The lowest BCUT2D eigenvalue weighted by Gasteiger charge is -2.07. The zero-order valence-corrected chi connectivity index (χ0v) is 11.5. The van der Waals surface area contributed by atoms with Crippen LogP contribution in [0.15, 0.2) is 47.6 Å². The fourth-order valence-corrected chi connectivity index (χ4v) is 2.53. The number of hydrogen-bond donors (Lipinski definition) is 2. The van der Waals surface area contributed by atoms with Gasteiger partial charge in [0.2, 0.25) is 0 Å². The first-order chi connectivity index (χ1) is 9.92. The van der Waals surface area contributed by atoms with Crippen molar-refractivity contribution >= 4 is 21.7 Å². The maximum atomic E-state index is 12.1. The molecule has 0 spiro atoms. The Bertz CT molecular complexity index is 821. The number of nitrogens with one attached hydrogen (secondary N) is 1. The van der Waals surface area contributed by atoms with Crippen LogP contribution in [0.5, 0.6) is 0 Å². The number of carboxylic acids is 1. The van der Waals surface area contributed by atoms with Crippen molar-refractivity contribution in [3.63, 3.8) is 0 Å². The normalized spacial score (nSPS) is 10.6. The molecule has 0 amide bonds. The van der Waals surface area contributed by atoms with E-state index in [1.165, 1.54) is 12.1 Å². The summed E-state index contributed by atoms with van der Waals surface area (Å²) >= 11 is 0. The van der Waals surface area contributed by atoms with Crippen LogP contribution in [0.25, 0.3) is 0 Å². The van der Waals surface area contributed by atoms with Crippen LogP contribution < -0.4 is 4.72 Å². The summed E-state index contributed by atoms with van der Waals surface area (Å²) in [5.41, 5.74) is 0.738. The second-order valence-corrected chi connectivity index (χ2v) is 5.65. The molecule has 2 N–H and O–H groups in total. The molecule has 2 aromatic rings. The number of carboxylic acid groups (broad SMARTS) is 1. The zero-order valence-electron chi connectivity index (χ0n) is 10.6. The number of aromatic carboxylic acids is 1. The van der Waals surface area contributed by atoms with Gasteiger partial charge in [-0.25, -0.2) is 9.78 Å². The quantitative estimate of drug-likeness (QED) is 0.836. The molecule has 0 fully saturated rings. The Labute approximate surface area is 121 Å². The highest BCUT2D eigenvalue weighted by Crippen LogP contribution is 2.15. The molecule has 0 aliphatic heterocycles. The SMILES string of the molecule is C#Cc1cccc(NS(=O)(=O)c2ccc(C(=O)O)cn2)c1. The smallest absolute Gasteiger partial charge is 0.337 e. The number of sulfonamides is 1. The highest BCUT2D eigenvalue weighted by Gasteiger charge is 2.16. The third kappa shape index (κ3) is 3.38. The monoisotopic (exact) mass is 302 g/mol. The summed E-state index contributed by atoms with van der Waals surface area (Å²) in [7, 11) is -3.90. The molecular formula is C14H10N2O4S. The van der Waals surface area contributed by atoms with E-state index in [4.69, 9.17) is 11.5 Å². The summed E-state index contributed by atoms with van der Waals surface area (Å²) in [5.74, 6) is 1.22. The van der Waals surface area contributed by atoms with Gasteiger partial charge in [0.05, 0.1) is 11.3 Å². The van der Waals surface area contributed by atoms with Gasteiger partial charge in [0, 0.05) is 11.8 Å². The topological polar surface area (TPSA) is 96.4 Å². The van der Waals surface area contributed by atoms with E-state index in [1.54, 1.807) is 18.2 Å². The Morgan fingerprint density at radius 2 is 2.05 bits per heavy atom. The van der Waals surface area contributed by atoms with Crippen LogP contribution in [0.4, 0.5) is 5.69 Å². The molecule has 0 saturated carbocycles. The minimum Gasteiger partial charge on any atom is -0.478 e. The Morgan fingerprint density at radius 3 is 2.62 bits per heavy atom. The fourth-order valence-electron chi connectivity index (χ4n) is 1.55. The van der Waals surface area contributed by atoms with E-state index in [0.29, 0.717) is 11.3 Å². The summed E-state index contributed by atoms with van der Waals surface area (Å²) in [6, 6.07) is 8.62. The molecule has 106 valence electrons. The summed E-state index contributed by atoms with van der Waals surface area (Å²) in [6.07, 6.45) is 6.22. The van der Waals surface area contributed by atoms with E-state index in [0.717, 1.165) is 12.3 Å². The maximum absolute atomic E-state index is 12.1. The van der Waals surface area contributed by atoms with Crippen molar-refractivity contribution in [2.75, 3.05) is 4.72 Å². The Balaban J connectivity index is 2.29. The van der Waals surface area contributed by atoms with Gasteiger partial charge in [0.25, 0.3) is 10.0 Å². The minimum absolute atomic E-state index is 0.0942. The first-order valence-electron chi connectivity index (χ1n) is 5.71. The fraction of sp³-hybridized carbons (Fsp3) is 0. The standard InChI is InChI=1S/C14H10N2O4S/c1-2-10-4-3-5-12(8-10)16-21(19,20)13-7-6-11(9-15-13)14(17)18/h1,3-9,16H,(H,17,18). The highest BCUT2D eigenvalue weighted by molar-refractivity contribution is 7.92. The molecule has 6 nitrogen and oxygen atoms in total. The molecule has 0 unspecified atom stereocenters. The van der Waals surface area contributed by atoms with Gasteiger partial charge in [-0.05, 0) is 30.3 Å². The van der Waals surface area contributed by atoms with E-state index in [1.807, 2.05) is 0 Å². The number of hydrogen-bond acceptors (Lipinski definition) is 4. The van der Waals surface area contributed by atoms with Gasteiger partial charge in [-0.2, -0.15) is 8.42 Å². The molecule has 7 heteroatoms. The first kappa shape index (κ1) is 14.6. The summed E-state index contributed by atoms with van der Waals surface area (Å²) < 4.78 is 26.5. The molecule has 0 aliphatic rings. The van der Waals surface area contributed by atoms with Crippen molar-refractivity contribution in [1.82, 2.24) is 4.98 Å². The van der Waals surface area contributed by atoms with Crippen LogP contribution in [0.2, 0.25) is 0 Å². The lowest BCUT2D eigenvalue weighted by Crippen LogP contribution is -2.15. The van der Waals surface area contributed by atoms with Gasteiger partial charge in [0.15, 0.2) is 5.03 Å². The number of benzene rings is 1. The summed E-state index contributed by atoms with van der Waals surface area (Å²) in [4.78, 5) is 14.3. The minimum atomic E-state index is -3.90. The van der Waals surface area contributed by atoms with Gasteiger partial charge in [-0.3, -0.25) is 4.72 Å². The van der Waals surface area contributed by atoms with Gasteiger partial charge >= 0.3 is 5.97 Å². The van der Waals surface area contributed by atoms with E-state index in [-0.39, 0.29) is 10.6 Å². The number of pyridine rings is 1. The number of terminal acetylenes is 1. The van der Waals surface area contributed by atoms with Crippen LogP contribution >= 0.6 is 0 Å². The molecule has 2 rings (SSSR count). The van der Waals surface area contributed by atoms with Gasteiger partial charge in [0.1, 0.15) is 0 Å². The number of aromatic nitrogens is 1. The molecule has 0 radical (unpaired) electrons. The third-order valence-corrected chi connectivity index (χ3v) is 3.84. The number of nitrogens with zero attached hydrogens (tertiary/aromatic N) is 1. The molecule has 1 aromatic heterocycles. The van der Waals surface area contributed by atoms with Crippen LogP contribution in [0.1, 0.15) is 15.9 Å². The predicted octanol–water partition coefficient (Wildman–Crippen LogP) is 1.56. The van der Waals surface area contributed by atoms with E-state index in [2.05, 4.69) is 15.6 Å². The van der Waals surface area contributed by atoms with Crippen molar-refractivity contribution in [3.05, 3.63) is 53.7 Å². The van der Waals surface area contributed by atoms with Gasteiger partial charge in [-0.15, -0.1) is 6.42 Å². The predicted molar refractivity (Wildman–Crippen MR) is 76.4 cm³/mol. The molecule has 21 heavy (non-hydrogen) atoms. The van der Waals surface area contributed by atoms with Crippen molar-refractivity contribution in [2.45, 2.75) is 5.03 Å². The van der Waals surface area contributed by atoms with Crippen LogP contribution in [0, 0.1) is 12.3 Å². The average Bonchev–Trinajstić information content (AvgIpc) is 2.47. The molecule has 1 aromatic carbocycles. The zero-order chi connectivity index (χ0) is 15.5. The first-order valence-corrected chi connectivity index (χ1v) is 7.19. The van der Waals surface area contributed by atoms with Crippen LogP contribution in [-0.2, 0) is 10.0 Å². The lowest BCUT2D eigenvalue weighted by atomic mass is 10.2. The van der Waals surface area contributed by atoms with Crippen LogP contribution in [0.3, 0.4) is 0 Å². The van der Waals surface area contributed by atoms with Crippen molar-refractivity contribution < 1.29 is 18.3 Å². The highest BCUT2D eigenvalue weighted by atomic mass is 32.2. The number of carbonyl (C=O) groups is 1. The van der Waals surface area contributed by atoms with E-state index < -0.39 is 16.0 Å². The van der Waals surface area contributed by atoms with Crippen molar-refractivity contribution in [2.24, 2.45) is 0 Å². The molecule has 1 heterocycles. The lowest BCUT2D eigenvalue weighted by molar-refractivity contribution is 0.0696. The van der Waals surface area contributed by atoms with E-state index in [9.17, 15) is 13.2 Å². The number of anilines is 1. The summed E-state index contributed by atoms with van der Waals surface area (Å²) in [6.45, 7) is 0. The summed E-state index contributed by atoms with van der Waals surface area (Å²) in [5, 5.41) is 8.47. The van der Waals surface area contributed by atoms with Crippen molar-refractivity contribution in [3.8, 4) is 12.3 Å². The largest absolute Gasteiger partial charge is 0.478 e. The van der Waals surface area contributed by atoms with Gasteiger partial charge in [-0.1, -0.05) is 12.0 Å². The Morgan fingerprint density at radius 1 is 1.29 bits per heavy atom. The Kier molecular flexibility index (Phi) is 3.91. The second kappa shape index (κ2) is 5.64. The third-order valence-electron chi connectivity index (χ3n) is 2.54. The molecule has 0 saturated heterocycles. The molecule has 0 aliphatic carbocycles. The molecular weight excluding hydrogens is 292 g/mol. The average molecular weight is 302 g/mol. The molecule has 0 atom stereocenters.